The van der Waals surface area contributed by atoms with E-state index in [0.717, 1.165) is 24.7 Å². The van der Waals surface area contributed by atoms with Crippen molar-refractivity contribution < 1.29 is 27.5 Å². The monoisotopic (exact) mass is 555 g/mol. The van der Waals surface area contributed by atoms with Crippen molar-refractivity contribution in [2.75, 3.05) is 37.0 Å². The van der Waals surface area contributed by atoms with E-state index in [1.807, 2.05) is 13.2 Å². The molecule has 200 valence electrons. The van der Waals surface area contributed by atoms with Crippen molar-refractivity contribution in [2.45, 2.75) is 32.9 Å². The largest absolute Gasteiger partial charge is 0.462 e. The van der Waals surface area contributed by atoms with Crippen LogP contribution in [-0.4, -0.2) is 54.3 Å². The van der Waals surface area contributed by atoms with Gasteiger partial charge in [-0.15, -0.1) is 0 Å². The lowest BCUT2D eigenvalue weighted by atomic mass is 9.78. The molecule has 3 rings (SSSR count). The third kappa shape index (κ3) is 7.41. The van der Waals surface area contributed by atoms with Crippen molar-refractivity contribution in [2.24, 2.45) is 10.5 Å². The number of amides is 1. The number of benzene rings is 2. The molecule has 1 unspecified atom stereocenters. The molecule has 1 N–H and O–H groups in total. The van der Waals surface area contributed by atoms with Crippen molar-refractivity contribution in [3.8, 4) is 0 Å². The molecule has 0 spiro atoms. The van der Waals surface area contributed by atoms with E-state index in [1.54, 1.807) is 41.9 Å². The topological polar surface area (TPSA) is 71.0 Å². The summed E-state index contributed by atoms with van der Waals surface area (Å²) in [5, 5.41) is 8.63. The Morgan fingerprint density at radius 1 is 1.24 bits per heavy atom. The minimum absolute atomic E-state index is 0.0698. The van der Waals surface area contributed by atoms with Gasteiger partial charge in [-0.25, -0.2) is 4.79 Å². The molecule has 1 atom stereocenters. The quantitative estimate of drug-likeness (QED) is 0.273. The standard InChI is InChI=1S/C26H29ClF3N3O3S/c1-4-36-24(35)18-7-5-8-19(13-18)31-22(34)15-33-16-25(2,11-6-12-37-3)23(32-33)17-9-10-20(21(27)14-17)26(28,29)30/h5,7-10,13-14H,4,6,11-12,15-16H2,1-3H3,(H,31,34). The summed E-state index contributed by atoms with van der Waals surface area (Å²) in [5.74, 6) is 0.0972. The molecule has 37 heavy (non-hydrogen) atoms. The first-order valence-corrected chi connectivity index (χ1v) is 13.5. The number of ether oxygens (including phenoxy) is 1. The molecule has 0 aromatic heterocycles. The van der Waals surface area contributed by atoms with Gasteiger partial charge in [-0.3, -0.25) is 9.80 Å². The molecule has 1 aliphatic heterocycles. The number of nitrogens with one attached hydrogen (secondary N) is 1. The zero-order valence-corrected chi connectivity index (χ0v) is 22.4. The van der Waals surface area contributed by atoms with Gasteiger partial charge in [0.2, 0.25) is 5.91 Å². The van der Waals surface area contributed by atoms with Gasteiger partial charge in [0.1, 0.15) is 6.54 Å². The van der Waals surface area contributed by atoms with Crippen LogP contribution < -0.4 is 5.32 Å². The van der Waals surface area contributed by atoms with Crippen LogP contribution in [0.15, 0.2) is 47.6 Å². The maximum atomic E-state index is 13.2. The Balaban J connectivity index is 1.80. The van der Waals surface area contributed by atoms with Gasteiger partial charge in [0, 0.05) is 17.6 Å². The number of nitrogens with zero attached hydrogens (tertiary/aromatic N) is 2. The molecule has 0 fully saturated rings. The first kappa shape index (κ1) is 28.8. The molecule has 0 bridgehead atoms. The second-order valence-electron chi connectivity index (χ2n) is 8.97. The van der Waals surface area contributed by atoms with Crippen molar-refractivity contribution >= 4 is 46.6 Å². The Kier molecular flexibility index (Phi) is 9.52. The van der Waals surface area contributed by atoms with Gasteiger partial charge in [-0.05, 0) is 67.7 Å². The number of carbonyl (C=O) groups excluding carboxylic acids is 2. The predicted molar refractivity (Wildman–Crippen MR) is 141 cm³/mol. The van der Waals surface area contributed by atoms with Crippen LogP contribution >= 0.6 is 23.4 Å². The van der Waals surface area contributed by atoms with Crippen LogP contribution in [-0.2, 0) is 15.7 Å². The molecule has 2 aromatic carbocycles. The Morgan fingerprint density at radius 3 is 2.65 bits per heavy atom. The number of hydrazone groups is 1. The summed E-state index contributed by atoms with van der Waals surface area (Å²) in [6.07, 6.45) is -0.921. The highest BCUT2D eigenvalue weighted by molar-refractivity contribution is 7.98. The van der Waals surface area contributed by atoms with Crippen LogP contribution in [0.4, 0.5) is 18.9 Å². The van der Waals surface area contributed by atoms with Crippen LogP contribution in [0.2, 0.25) is 5.02 Å². The first-order valence-electron chi connectivity index (χ1n) is 11.7. The number of hydrogen-bond donors (Lipinski definition) is 1. The lowest BCUT2D eigenvalue weighted by Crippen LogP contribution is -2.35. The van der Waals surface area contributed by atoms with Gasteiger partial charge in [0.25, 0.3) is 0 Å². The Bertz CT molecular complexity index is 1180. The van der Waals surface area contributed by atoms with Crippen LogP contribution in [0.1, 0.15) is 48.2 Å². The Morgan fingerprint density at radius 2 is 2.00 bits per heavy atom. The smallest absolute Gasteiger partial charge is 0.417 e. The van der Waals surface area contributed by atoms with E-state index in [4.69, 9.17) is 16.3 Å². The van der Waals surface area contributed by atoms with Gasteiger partial charge < -0.3 is 10.1 Å². The fraction of sp³-hybridized carbons (Fsp3) is 0.423. The summed E-state index contributed by atoms with van der Waals surface area (Å²) in [4.78, 5) is 24.8. The molecule has 6 nitrogen and oxygen atoms in total. The third-order valence-corrected chi connectivity index (χ3v) is 6.96. The van der Waals surface area contributed by atoms with Crippen molar-refractivity contribution in [3.63, 3.8) is 0 Å². The average molecular weight is 556 g/mol. The van der Waals surface area contributed by atoms with Crippen LogP contribution in [0.5, 0.6) is 0 Å². The number of carbonyl (C=O) groups is 2. The molecule has 0 saturated heterocycles. The molecule has 1 amide bonds. The van der Waals surface area contributed by atoms with E-state index < -0.39 is 28.1 Å². The van der Waals surface area contributed by atoms with E-state index in [-0.39, 0.29) is 19.1 Å². The average Bonchev–Trinajstić information content (AvgIpc) is 3.14. The number of rotatable bonds is 10. The van der Waals surface area contributed by atoms with E-state index in [0.29, 0.717) is 29.1 Å². The molecule has 2 aromatic rings. The lowest BCUT2D eigenvalue weighted by molar-refractivity contribution is -0.137. The molecule has 0 saturated carbocycles. The highest BCUT2D eigenvalue weighted by atomic mass is 35.5. The van der Waals surface area contributed by atoms with Gasteiger partial charge in [0.15, 0.2) is 0 Å². The second kappa shape index (κ2) is 12.2. The zero-order valence-electron chi connectivity index (χ0n) is 20.8. The maximum absolute atomic E-state index is 13.2. The number of anilines is 1. The summed E-state index contributed by atoms with van der Waals surface area (Å²) in [7, 11) is 0. The van der Waals surface area contributed by atoms with Gasteiger partial charge >= 0.3 is 12.1 Å². The SMILES string of the molecule is CCOC(=O)c1cccc(NC(=O)CN2CC(C)(CCCSC)C(c3ccc(C(F)(F)F)c(Cl)c3)=N2)c1. The first-order chi connectivity index (χ1) is 17.5. The van der Waals surface area contributed by atoms with Crippen LogP contribution in [0.3, 0.4) is 0 Å². The highest BCUT2D eigenvalue weighted by Crippen LogP contribution is 2.39. The third-order valence-electron chi connectivity index (χ3n) is 5.95. The second-order valence-corrected chi connectivity index (χ2v) is 10.4. The van der Waals surface area contributed by atoms with Gasteiger partial charge in [0.05, 0.1) is 28.5 Å². The van der Waals surface area contributed by atoms with Crippen molar-refractivity contribution in [1.29, 1.82) is 0 Å². The van der Waals surface area contributed by atoms with E-state index in [2.05, 4.69) is 10.4 Å². The molecular formula is C26H29ClF3N3O3S. The number of thioether (sulfide) groups is 1. The van der Waals surface area contributed by atoms with Crippen molar-refractivity contribution in [3.05, 3.63) is 64.2 Å². The van der Waals surface area contributed by atoms with E-state index >= 15 is 0 Å². The number of alkyl halides is 3. The molecular weight excluding hydrogens is 527 g/mol. The number of esters is 1. The zero-order chi connectivity index (χ0) is 27.2. The summed E-state index contributed by atoms with van der Waals surface area (Å²) in [5.41, 5.74) is 0.471. The van der Waals surface area contributed by atoms with Crippen LogP contribution in [0.25, 0.3) is 0 Å². The normalized spacial score (nSPS) is 17.5. The summed E-state index contributed by atoms with van der Waals surface area (Å²) < 4.78 is 44.6. The highest BCUT2D eigenvalue weighted by Gasteiger charge is 2.40. The molecule has 1 aliphatic rings. The Labute approximate surface area is 223 Å². The van der Waals surface area contributed by atoms with Crippen LogP contribution in [0, 0.1) is 5.41 Å². The molecule has 0 radical (unpaired) electrons. The van der Waals surface area contributed by atoms with Gasteiger partial charge in [-0.1, -0.05) is 30.7 Å². The van der Waals surface area contributed by atoms with E-state index in [1.165, 1.54) is 18.2 Å². The summed E-state index contributed by atoms with van der Waals surface area (Å²) in [6, 6.07) is 10.1. The fourth-order valence-electron chi connectivity index (χ4n) is 4.27. The number of halogens is 4. The summed E-state index contributed by atoms with van der Waals surface area (Å²) >= 11 is 7.70. The fourth-order valence-corrected chi connectivity index (χ4v) is 4.99. The number of hydrogen-bond acceptors (Lipinski definition) is 6. The molecule has 11 heteroatoms. The van der Waals surface area contributed by atoms with Crippen molar-refractivity contribution in [1.82, 2.24) is 5.01 Å². The molecule has 0 aliphatic carbocycles. The van der Waals surface area contributed by atoms with E-state index in [9.17, 15) is 22.8 Å². The Hall–Kier alpha value is -2.72. The van der Waals surface area contributed by atoms with Gasteiger partial charge in [-0.2, -0.15) is 30.0 Å². The predicted octanol–water partition coefficient (Wildman–Crippen LogP) is 6.34. The molecule has 1 heterocycles. The summed E-state index contributed by atoms with van der Waals surface area (Å²) in [6.45, 7) is 4.30. The minimum Gasteiger partial charge on any atom is -0.462 e. The lowest BCUT2D eigenvalue weighted by Gasteiger charge is -2.27. The maximum Gasteiger partial charge on any atom is 0.417 e. The minimum atomic E-state index is -4.55.